The van der Waals surface area contributed by atoms with Crippen molar-refractivity contribution in [1.82, 2.24) is 4.90 Å². The first-order valence-corrected chi connectivity index (χ1v) is 13.7. The van der Waals surface area contributed by atoms with Crippen LogP contribution in [0.25, 0.3) is 0 Å². The second-order valence-corrected chi connectivity index (χ2v) is 13.6. The molecule has 13 heteroatoms. The normalized spacial score (nSPS) is 17.3. The van der Waals surface area contributed by atoms with Gasteiger partial charge in [0.15, 0.2) is 0 Å². The maximum Gasteiger partial charge on any atom is 0.453 e. The highest BCUT2D eigenvalue weighted by molar-refractivity contribution is 9.10. The average molecular weight is 595 g/mol. The van der Waals surface area contributed by atoms with Gasteiger partial charge in [-0.25, -0.2) is 9.18 Å². The second kappa shape index (κ2) is 10.7. The number of amides is 2. The lowest BCUT2D eigenvalue weighted by Gasteiger charge is -2.32. The number of rotatable bonds is 6. The van der Waals surface area contributed by atoms with Gasteiger partial charge in [-0.3, -0.25) is 4.79 Å². The third-order valence-corrected chi connectivity index (χ3v) is 8.54. The number of hydrogen-bond acceptors (Lipinski definition) is 7. The van der Waals surface area contributed by atoms with Crippen LogP contribution in [0, 0.1) is 5.82 Å². The van der Waals surface area contributed by atoms with E-state index in [1.807, 2.05) is 13.8 Å². The summed E-state index contributed by atoms with van der Waals surface area (Å²) in [5.41, 5.74) is -1.21. The molecule has 35 heavy (non-hydrogen) atoms. The first-order chi connectivity index (χ1) is 15.8. The Hall–Kier alpha value is -1.83. The lowest BCUT2D eigenvalue weighted by atomic mass is 9.94. The molecule has 1 aliphatic rings. The minimum atomic E-state index is -4.46. The number of thioether (sulfide) groups is 1. The molecule has 2 amide bonds. The fourth-order valence-corrected chi connectivity index (χ4v) is 6.09. The van der Waals surface area contributed by atoms with Crippen LogP contribution in [0.1, 0.15) is 65.5 Å². The maximum absolute atomic E-state index is 13.9. The maximum atomic E-state index is 13.9. The van der Waals surface area contributed by atoms with Crippen molar-refractivity contribution < 1.29 is 32.2 Å². The van der Waals surface area contributed by atoms with Gasteiger partial charge in [-0.15, -0.1) is 0 Å². The Morgan fingerprint density at radius 1 is 1.26 bits per heavy atom. The molecule has 0 bridgehead atoms. The molecular formula is C22H29BrFN3O6S2. The zero-order chi connectivity index (χ0) is 26.9. The highest BCUT2D eigenvalue weighted by atomic mass is 79.9. The Balaban J connectivity index is 2.39. The Morgan fingerprint density at radius 2 is 1.86 bits per heavy atom. The summed E-state index contributed by atoms with van der Waals surface area (Å²) < 4.78 is 47.5. The molecule has 0 aliphatic carbocycles. The zero-order valence-corrected chi connectivity index (χ0v) is 23.7. The molecule has 1 aromatic carbocycles. The number of aliphatic hydroxyl groups is 1. The van der Waals surface area contributed by atoms with Crippen molar-refractivity contribution >= 4 is 49.7 Å². The quantitative estimate of drug-likeness (QED) is 0.435. The van der Waals surface area contributed by atoms with Gasteiger partial charge in [-0.05, 0) is 68.3 Å². The SMILES string of the molecule is CC(C)c1cc(F)cc(Br)c1CC(=O)N1C=C(S(=O)(=O)N=NC(=O)OC(C)(C)C)SC1C(C)(C)O. The van der Waals surface area contributed by atoms with E-state index in [2.05, 4.69) is 25.6 Å². The molecule has 1 N–H and O–H groups in total. The van der Waals surface area contributed by atoms with Crippen LogP contribution in [0.15, 0.2) is 36.7 Å². The van der Waals surface area contributed by atoms with Crippen molar-refractivity contribution in [2.45, 2.75) is 77.4 Å². The monoisotopic (exact) mass is 593 g/mol. The van der Waals surface area contributed by atoms with Crippen LogP contribution in [0.5, 0.6) is 0 Å². The van der Waals surface area contributed by atoms with Crippen LogP contribution < -0.4 is 0 Å². The predicted molar refractivity (Wildman–Crippen MR) is 135 cm³/mol. The van der Waals surface area contributed by atoms with Crippen LogP contribution >= 0.6 is 27.7 Å². The number of halogens is 2. The molecule has 1 atom stereocenters. The summed E-state index contributed by atoms with van der Waals surface area (Å²) in [6, 6.07) is 2.61. The van der Waals surface area contributed by atoms with Crippen molar-refractivity contribution in [1.29, 1.82) is 0 Å². The largest absolute Gasteiger partial charge is 0.453 e. The molecule has 1 unspecified atom stereocenters. The van der Waals surface area contributed by atoms with E-state index >= 15 is 0 Å². The summed E-state index contributed by atoms with van der Waals surface area (Å²) >= 11 is 4.01. The number of hydrogen-bond donors (Lipinski definition) is 1. The van der Waals surface area contributed by atoms with Crippen LogP contribution in [-0.2, 0) is 26.0 Å². The molecule has 194 valence electrons. The summed E-state index contributed by atoms with van der Waals surface area (Å²) in [4.78, 5) is 26.2. The van der Waals surface area contributed by atoms with Crippen molar-refractivity contribution in [3.05, 3.63) is 44.0 Å². The fourth-order valence-electron chi connectivity index (χ4n) is 3.17. The summed E-state index contributed by atoms with van der Waals surface area (Å²) in [5.74, 6) is -1.05. The fraction of sp³-hybridized carbons (Fsp3) is 0.545. The van der Waals surface area contributed by atoms with E-state index in [0.29, 0.717) is 27.4 Å². The van der Waals surface area contributed by atoms with E-state index < -0.39 is 44.4 Å². The van der Waals surface area contributed by atoms with E-state index in [-0.39, 0.29) is 16.6 Å². The molecule has 0 spiro atoms. The minimum absolute atomic E-state index is 0.0809. The molecule has 0 radical (unpaired) electrons. The van der Waals surface area contributed by atoms with Crippen molar-refractivity contribution in [3.63, 3.8) is 0 Å². The number of sulfonamides is 1. The summed E-state index contributed by atoms with van der Waals surface area (Å²) in [6.45, 7) is 11.4. The number of carbonyl (C=O) groups is 2. The van der Waals surface area contributed by atoms with Gasteiger partial charge in [0.1, 0.15) is 21.0 Å². The standard InChI is InChI=1S/C22H29BrFN3O6S2/c1-12(2)14-8-13(24)9-16(23)15(14)10-17(28)27-11-18(34-19(27)22(6,7)30)35(31,32)26-25-20(29)33-21(3,4)5/h8-9,11-12,19,30H,10H2,1-7H3. The minimum Gasteiger partial charge on any atom is -0.441 e. The van der Waals surface area contributed by atoms with Gasteiger partial charge in [0.05, 0.1) is 12.0 Å². The number of nitrogens with zero attached hydrogens (tertiary/aromatic N) is 3. The summed E-state index contributed by atoms with van der Waals surface area (Å²) in [7, 11) is -4.46. The number of carbonyl (C=O) groups excluding carboxylic acids is 2. The molecule has 9 nitrogen and oxygen atoms in total. The lowest BCUT2D eigenvalue weighted by molar-refractivity contribution is -0.131. The van der Waals surface area contributed by atoms with E-state index in [4.69, 9.17) is 4.74 Å². The number of ether oxygens (including phenoxy) is 1. The third-order valence-electron chi connectivity index (χ3n) is 4.64. The number of benzene rings is 1. The second-order valence-electron chi connectivity index (χ2n) is 9.80. The lowest BCUT2D eigenvalue weighted by Crippen LogP contribution is -2.46. The first-order valence-electron chi connectivity index (χ1n) is 10.6. The third kappa shape index (κ3) is 7.83. The van der Waals surface area contributed by atoms with Crippen molar-refractivity contribution in [2.75, 3.05) is 0 Å². The highest BCUT2D eigenvalue weighted by Gasteiger charge is 2.43. The molecule has 0 aromatic heterocycles. The molecule has 0 saturated carbocycles. The van der Waals surface area contributed by atoms with Crippen LogP contribution in [0.3, 0.4) is 0 Å². The molecule has 0 saturated heterocycles. The molecule has 2 rings (SSSR count). The van der Waals surface area contributed by atoms with Gasteiger partial charge in [-0.2, -0.15) is 8.42 Å². The van der Waals surface area contributed by atoms with Gasteiger partial charge >= 0.3 is 16.1 Å². The van der Waals surface area contributed by atoms with Crippen LogP contribution in [-0.4, -0.2) is 47.0 Å². The van der Waals surface area contributed by atoms with E-state index in [1.165, 1.54) is 26.0 Å². The summed E-state index contributed by atoms with van der Waals surface area (Å²) in [5, 5.41) is 12.7. The van der Waals surface area contributed by atoms with Gasteiger partial charge in [0, 0.05) is 10.7 Å². The van der Waals surface area contributed by atoms with Gasteiger partial charge in [0.25, 0.3) is 0 Å². The predicted octanol–water partition coefficient (Wildman–Crippen LogP) is 5.44. The first kappa shape index (κ1) is 29.4. The van der Waals surface area contributed by atoms with Gasteiger partial charge in [0.2, 0.25) is 5.91 Å². The van der Waals surface area contributed by atoms with Crippen molar-refractivity contribution in [3.8, 4) is 0 Å². The van der Waals surface area contributed by atoms with Crippen molar-refractivity contribution in [2.24, 2.45) is 9.63 Å². The Bertz CT molecular complexity index is 1170. The highest BCUT2D eigenvalue weighted by Crippen LogP contribution is 2.42. The van der Waals surface area contributed by atoms with Crippen LogP contribution in [0.4, 0.5) is 9.18 Å². The van der Waals surface area contributed by atoms with Gasteiger partial charge in [-0.1, -0.05) is 46.7 Å². The van der Waals surface area contributed by atoms with Gasteiger partial charge < -0.3 is 14.7 Å². The smallest absolute Gasteiger partial charge is 0.441 e. The topological polar surface area (TPSA) is 126 Å². The van der Waals surface area contributed by atoms with E-state index in [9.17, 15) is 27.5 Å². The Kier molecular flexibility index (Phi) is 8.95. The Labute approximate surface area is 217 Å². The Morgan fingerprint density at radius 3 is 2.37 bits per heavy atom. The molecule has 1 aromatic rings. The molecule has 1 heterocycles. The molecule has 1 aliphatic heterocycles. The zero-order valence-electron chi connectivity index (χ0n) is 20.5. The summed E-state index contributed by atoms with van der Waals surface area (Å²) in [6.07, 6.45) is -0.296. The molecular weight excluding hydrogens is 565 g/mol. The van der Waals surface area contributed by atoms with E-state index in [0.717, 1.165) is 11.1 Å². The molecule has 0 fully saturated rings. The average Bonchev–Trinajstić information content (AvgIpc) is 3.14. The van der Waals surface area contributed by atoms with Crippen LogP contribution in [0.2, 0.25) is 0 Å². The van der Waals surface area contributed by atoms with E-state index in [1.54, 1.807) is 20.8 Å².